The summed E-state index contributed by atoms with van der Waals surface area (Å²) in [6.07, 6.45) is -3.40. The van der Waals surface area contributed by atoms with E-state index < -0.39 is 36.4 Å². The zero-order valence-corrected chi connectivity index (χ0v) is 12.0. The highest BCUT2D eigenvalue weighted by atomic mass is 16.6. The van der Waals surface area contributed by atoms with Gasteiger partial charge in [-0.1, -0.05) is 12.1 Å². The van der Waals surface area contributed by atoms with E-state index in [1.54, 1.807) is 18.2 Å². The monoisotopic (exact) mass is 308 g/mol. The molecule has 0 bridgehead atoms. The van der Waals surface area contributed by atoms with Crippen LogP contribution >= 0.6 is 0 Å². The number of esters is 1. The smallest absolute Gasteiger partial charge is 0.340 e. The van der Waals surface area contributed by atoms with Gasteiger partial charge in [0.25, 0.3) is 0 Å². The van der Waals surface area contributed by atoms with Crippen LogP contribution in [0.15, 0.2) is 24.3 Å². The van der Waals surface area contributed by atoms with Crippen LogP contribution in [0.25, 0.3) is 0 Å². The fourth-order valence-corrected chi connectivity index (χ4v) is 3.30. The Morgan fingerprint density at radius 3 is 2.68 bits per heavy atom. The van der Waals surface area contributed by atoms with E-state index in [9.17, 15) is 20.1 Å². The first kappa shape index (κ1) is 15.2. The molecule has 1 aromatic rings. The first-order valence-electron chi connectivity index (χ1n) is 7.33. The maximum Gasteiger partial charge on any atom is 0.340 e. The molecular weight excluding hydrogens is 288 g/mol. The Labute approximate surface area is 127 Å². The summed E-state index contributed by atoms with van der Waals surface area (Å²) in [4.78, 5) is 14.0. The highest BCUT2D eigenvalue weighted by molar-refractivity contribution is 5.95. The Kier molecular flexibility index (Phi) is 4.05. The molecule has 2 fully saturated rings. The van der Waals surface area contributed by atoms with Crippen molar-refractivity contribution in [2.75, 3.05) is 18.8 Å². The van der Waals surface area contributed by atoms with Gasteiger partial charge in [0.1, 0.15) is 12.2 Å². The van der Waals surface area contributed by atoms with Crippen molar-refractivity contribution in [3.8, 4) is 0 Å². The summed E-state index contributed by atoms with van der Waals surface area (Å²) in [5.74, 6) is -0.692. The number of ether oxygens (including phenoxy) is 1. The van der Waals surface area contributed by atoms with Crippen LogP contribution in [-0.2, 0) is 4.74 Å². The highest BCUT2D eigenvalue weighted by Crippen LogP contribution is 2.30. The Bertz CT molecular complexity index is 567. The lowest BCUT2D eigenvalue weighted by atomic mass is 9.92. The number of nitrogens with zero attached hydrogens (tertiary/aromatic N) is 1. The van der Waals surface area contributed by atoms with E-state index >= 15 is 0 Å². The quantitative estimate of drug-likeness (QED) is 0.407. The highest BCUT2D eigenvalue weighted by Gasteiger charge is 2.49. The number of fused-ring (bicyclic) bond motifs is 1. The summed E-state index contributed by atoms with van der Waals surface area (Å²) < 4.78 is 5.28. The Morgan fingerprint density at radius 2 is 1.95 bits per heavy atom. The molecule has 0 radical (unpaired) electrons. The van der Waals surface area contributed by atoms with Crippen molar-refractivity contribution < 1.29 is 24.9 Å². The SMILES string of the molecule is Nc1ccccc1C(=O)O[C@H]1[C@H](O)[C@H]2[C@@H](O)CCN2C[C@@H]1O. The van der Waals surface area contributed by atoms with Gasteiger partial charge >= 0.3 is 5.97 Å². The van der Waals surface area contributed by atoms with Gasteiger partial charge in [-0.25, -0.2) is 4.79 Å². The lowest BCUT2D eigenvalue weighted by Gasteiger charge is -2.42. The fraction of sp³-hybridized carbons (Fsp3) is 0.533. The molecule has 0 saturated carbocycles. The van der Waals surface area contributed by atoms with Crippen molar-refractivity contribution in [1.29, 1.82) is 0 Å². The molecule has 0 amide bonds. The molecule has 3 rings (SSSR count). The van der Waals surface area contributed by atoms with E-state index in [0.29, 0.717) is 13.0 Å². The zero-order chi connectivity index (χ0) is 15.9. The van der Waals surface area contributed by atoms with Gasteiger partial charge in [-0.3, -0.25) is 4.90 Å². The summed E-state index contributed by atoms with van der Waals surface area (Å²) in [6, 6.07) is 5.93. The van der Waals surface area contributed by atoms with Crippen molar-refractivity contribution >= 4 is 11.7 Å². The number of benzene rings is 1. The van der Waals surface area contributed by atoms with Crippen molar-refractivity contribution in [3.05, 3.63) is 29.8 Å². The topological polar surface area (TPSA) is 116 Å². The third-order valence-corrected chi connectivity index (χ3v) is 4.44. The Morgan fingerprint density at radius 1 is 1.23 bits per heavy atom. The normalized spacial score (nSPS) is 35.1. The Balaban J connectivity index is 1.76. The summed E-state index contributed by atoms with van der Waals surface area (Å²) in [5.41, 5.74) is 6.19. The third-order valence-electron chi connectivity index (χ3n) is 4.44. The molecule has 0 unspecified atom stereocenters. The van der Waals surface area contributed by atoms with Crippen molar-refractivity contribution in [2.45, 2.75) is 36.9 Å². The average molecular weight is 308 g/mol. The first-order valence-corrected chi connectivity index (χ1v) is 7.33. The second-order valence-electron chi connectivity index (χ2n) is 5.86. The minimum Gasteiger partial charge on any atom is -0.453 e. The number of aliphatic hydroxyl groups is 3. The molecule has 7 nitrogen and oxygen atoms in total. The molecule has 2 saturated heterocycles. The van der Waals surface area contributed by atoms with Crippen LogP contribution in [0.5, 0.6) is 0 Å². The van der Waals surface area contributed by atoms with Gasteiger partial charge in [-0.15, -0.1) is 0 Å². The minimum atomic E-state index is -1.14. The van der Waals surface area contributed by atoms with Gasteiger partial charge in [-0.05, 0) is 18.6 Å². The Hall–Kier alpha value is -1.67. The summed E-state index contributed by atoms with van der Waals surface area (Å²) in [5, 5.41) is 30.5. The number of carbonyl (C=O) groups is 1. The third kappa shape index (κ3) is 2.56. The maximum atomic E-state index is 12.2. The molecule has 22 heavy (non-hydrogen) atoms. The van der Waals surface area contributed by atoms with Crippen LogP contribution in [0.2, 0.25) is 0 Å². The number of hydrogen-bond acceptors (Lipinski definition) is 7. The van der Waals surface area contributed by atoms with Crippen LogP contribution < -0.4 is 5.73 Å². The van der Waals surface area contributed by atoms with Gasteiger partial charge in [0.05, 0.1) is 17.7 Å². The molecule has 2 aliphatic rings. The minimum absolute atomic E-state index is 0.191. The second-order valence-corrected chi connectivity index (χ2v) is 5.86. The van der Waals surface area contributed by atoms with Gasteiger partial charge in [0, 0.05) is 18.8 Å². The van der Waals surface area contributed by atoms with Crippen LogP contribution in [0.4, 0.5) is 5.69 Å². The number of carbonyl (C=O) groups excluding carboxylic acids is 1. The van der Waals surface area contributed by atoms with E-state index in [0.717, 1.165) is 0 Å². The summed E-state index contributed by atoms with van der Waals surface area (Å²) in [6.45, 7) is 0.854. The number of aliphatic hydroxyl groups excluding tert-OH is 3. The number of anilines is 1. The fourth-order valence-electron chi connectivity index (χ4n) is 3.30. The van der Waals surface area contributed by atoms with Crippen LogP contribution in [-0.4, -0.2) is 69.7 Å². The second kappa shape index (κ2) is 5.85. The lowest BCUT2D eigenvalue weighted by Crippen LogP contribution is -2.62. The molecule has 120 valence electrons. The first-order chi connectivity index (χ1) is 10.5. The molecule has 2 aliphatic heterocycles. The van der Waals surface area contributed by atoms with E-state index in [1.165, 1.54) is 6.07 Å². The van der Waals surface area contributed by atoms with E-state index in [2.05, 4.69) is 0 Å². The van der Waals surface area contributed by atoms with E-state index in [4.69, 9.17) is 10.5 Å². The standard InChI is InChI=1S/C15H20N2O5/c16-9-4-2-1-3-8(9)15(21)22-14-11(19)7-17-6-5-10(18)12(17)13(14)20/h1-4,10-14,18-20H,5-7,16H2/t10-,11-,12+,13+,14+/m0/s1. The predicted molar refractivity (Wildman–Crippen MR) is 78.1 cm³/mol. The number of rotatable bonds is 2. The van der Waals surface area contributed by atoms with Crippen molar-refractivity contribution in [2.24, 2.45) is 0 Å². The molecule has 7 heteroatoms. The number of piperidine rings is 1. The number of para-hydroxylation sites is 1. The van der Waals surface area contributed by atoms with Gasteiger partial charge < -0.3 is 25.8 Å². The average Bonchev–Trinajstić information content (AvgIpc) is 2.84. The maximum absolute atomic E-state index is 12.2. The molecule has 1 aromatic carbocycles. The molecule has 2 heterocycles. The van der Waals surface area contributed by atoms with Crippen LogP contribution in [0.1, 0.15) is 16.8 Å². The van der Waals surface area contributed by atoms with Crippen LogP contribution in [0.3, 0.4) is 0 Å². The van der Waals surface area contributed by atoms with Gasteiger partial charge in [0.15, 0.2) is 6.10 Å². The van der Waals surface area contributed by atoms with Crippen LogP contribution in [0, 0.1) is 0 Å². The molecule has 0 aromatic heterocycles. The van der Waals surface area contributed by atoms with Crippen molar-refractivity contribution in [1.82, 2.24) is 4.90 Å². The molecule has 5 N–H and O–H groups in total. The number of nitrogens with two attached hydrogens (primary N) is 1. The van der Waals surface area contributed by atoms with E-state index in [1.807, 2.05) is 4.90 Å². The zero-order valence-electron chi connectivity index (χ0n) is 12.0. The van der Waals surface area contributed by atoms with Gasteiger partial charge in [-0.2, -0.15) is 0 Å². The summed E-state index contributed by atoms with van der Waals surface area (Å²) in [7, 11) is 0. The molecule has 0 spiro atoms. The van der Waals surface area contributed by atoms with Crippen molar-refractivity contribution in [3.63, 3.8) is 0 Å². The molecule has 0 aliphatic carbocycles. The number of nitrogen functional groups attached to an aromatic ring is 1. The number of hydrogen-bond donors (Lipinski definition) is 4. The largest absolute Gasteiger partial charge is 0.453 e. The molecule has 5 atom stereocenters. The van der Waals surface area contributed by atoms with Gasteiger partial charge in [0.2, 0.25) is 0 Å². The summed E-state index contributed by atoms with van der Waals surface area (Å²) >= 11 is 0. The lowest BCUT2D eigenvalue weighted by molar-refractivity contribution is -0.144. The molecular formula is C15H20N2O5. The predicted octanol–water partition coefficient (Wildman–Crippen LogP) is -1.04. The van der Waals surface area contributed by atoms with E-state index in [-0.39, 0.29) is 17.8 Å².